The highest BCUT2D eigenvalue weighted by Crippen LogP contribution is 2.40. The maximum Gasteiger partial charge on any atom is 0.192 e. The van der Waals surface area contributed by atoms with E-state index in [-0.39, 0.29) is 5.41 Å². The fourth-order valence-corrected chi connectivity index (χ4v) is 6.66. The standard InChI is InChI=1S/C39H43BN/c1-7-16-32-35(39(5,6)34-21-13-11-17-28(34)3)22-15-23-36(32)40-38-29(4)25-27(2)26-33(38)31-20-12-14-24-37(31)41-30-18-9-8-10-19-30/h8-12,14-15,17-20,22-26,41H,7,13,16,21H2,1-6H3. The summed E-state index contributed by atoms with van der Waals surface area (Å²) < 4.78 is 0. The Morgan fingerprint density at radius 1 is 0.829 bits per heavy atom. The molecule has 0 heterocycles. The molecule has 1 N–H and O–H groups in total. The number of hydrogen-bond donors (Lipinski definition) is 1. The lowest BCUT2D eigenvalue weighted by molar-refractivity contribution is 0.577. The van der Waals surface area contributed by atoms with E-state index >= 15 is 0 Å². The second-order valence-corrected chi connectivity index (χ2v) is 12.1. The van der Waals surface area contributed by atoms with Crippen molar-refractivity contribution < 1.29 is 0 Å². The lowest BCUT2D eigenvalue weighted by Gasteiger charge is -2.34. The largest absolute Gasteiger partial charge is 0.355 e. The minimum atomic E-state index is -0.0133. The van der Waals surface area contributed by atoms with Crippen LogP contribution in [0, 0.1) is 13.8 Å². The molecule has 0 amide bonds. The number of nitrogens with one attached hydrogen (secondary N) is 1. The third kappa shape index (κ3) is 6.13. The number of para-hydroxylation sites is 2. The van der Waals surface area contributed by atoms with Crippen LogP contribution in [-0.4, -0.2) is 7.28 Å². The van der Waals surface area contributed by atoms with E-state index in [1.54, 1.807) is 5.57 Å². The van der Waals surface area contributed by atoms with Crippen LogP contribution < -0.4 is 16.2 Å². The van der Waals surface area contributed by atoms with Gasteiger partial charge in [0.25, 0.3) is 0 Å². The van der Waals surface area contributed by atoms with Crippen LogP contribution in [0.1, 0.15) is 69.2 Å². The van der Waals surface area contributed by atoms with Gasteiger partial charge in [-0.3, -0.25) is 0 Å². The summed E-state index contributed by atoms with van der Waals surface area (Å²) in [6.07, 6.45) is 9.10. The maximum atomic E-state index is 3.68. The molecule has 0 saturated heterocycles. The molecule has 0 atom stereocenters. The topological polar surface area (TPSA) is 12.0 Å². The van der Waals surface area contributed by atoms with Crippen molar-refractivity contribution in [2.24, 2.45) is 0 Å². The van der Waals surface area contributed by atoms with Crippen LogP contribution in [0.5, 0.6) is 0 Å². The van der Waals surface area contributed by atoms with E-state index in [0.717, 1.165) is 37.1 Å². The molecule has 1 radical (unpaired) electrons. The summed E-state index contributed by atoms with van der Waals surface area (Å²) >= 11 is 0. The third-order valence-corrected chi connectivity index (χ3v) is 8.65. The Morgan fingerprint density at radius 3 is 2.34 bits per heavy atom. The van der Waals surface area contributed by atoms with Crippen molar-refractivity contribution >= 4 is 29.6 Å². The van der Waals surface area contributed by atoms with Crippen molar-refractivity contribution in [3.8, 4) is 11.1 Å². The van der Waals surface area contributed by atoms with Gasteiger partial charge in [-0.15, -0.1) is 0 Å². The van der Waals surface area contributed by atoms with Gasteiger partial charge >= 0.3 is 0 Å². The van der Waals surface area contributed by atoms with Crippen molar-refractivity contribution in [2.45, 2.75) is 72.6 Å². The van der Waals surface area contributed by atoms with Gasteiger partial charge in [-0.05, 0) is 74.9 Å². The van der Waals surface area contributed by atoms with E-state index in [1.807, 2.05) is 0 Å². The molecule has 0 bridgehead atoms. The Balaban J connectivity index is 1.62. The van der Waals surface area contributed by atoms with E-state index in [4.69, 9.17) is 0 Å². The summed E-state index contributed by atoms with van der Waals surface area (Å²) in [6.45, 7) is 13.9. The number of aryl methyl sites for hydroxylation is 2. The monoisotopic (exact) mass is 536 g/mol. The maximum absolute atomic E-state index is 3.68. The third-order valence-electron chi connectivity index (χ3n) is 8.65. The van der Waals surface area contributed by atoms with Gasteiger partial charge in [0.2, 0.25) is 0 Å². The molecule has 41 heavy (non-hydrogen) atoms. The molecule has 0 aromatic heterocycles. The summed E-state index contributed by atoms with van der Waals surface area (Å²) in [6, 6.07) is 30.8. The summed E-state index contributed by atoms with van der Waals surface area (Å²) in [5.74, 6) is 0. The first kappa shape index (κ1) is 28.7. The lowest BCUT2D eigenvalue weighted by atomic mass is 9.57. The van der Waals surface area contributed by atoms with Gasteiger partial charge in [-0.2, -0.15) is 0 Å². The highest BCUT2D eigenvalue weighted by molar-refractivity contribution is 6.69. The van der Waals surface area contributed by atoms with Gasteiger partial charge < -0.3 is 5.32 Å². The van der Waals surface area contributed by atoms with Crippen LogP contribution >= 0.6 is 0 Å². The second-order valence-electron chi connectivity index (χ2n) is 12.1. The van der Waals surface area contributed by atoms with Crippen LogP contribution in [0.15, 0.2) is 108 Å². The first-order valence-corrected chi connectivity index (χ1v) is 15.2. The van der Waals surface area contributed by atoms with Gasteiger partial charge in [0.15, 0.2) is 7.28 Å². The minimum absolute atomic E-state index is 0.0133. The molecule has 1 aliphatic carbocycles. The fraction of sp³-hybridized carbons (Fsp3) is 0.282. The Labute approximate surface area is 248 Å². The van der Waals surface area contributed by atoms with E-state index in [9.17, 15) is 0 Å². The Kier molecular flexibility index (Phi) is 8.69. The Morgan fingerprint density at radius 2 is 1.59 bits per heavy atom. The molecular weight excluding hydrogens is 493 g/mol. The minimum Gasteiger partial charge on any atom is -0.355 e. The zero-order valence-electron chi connectivity index (χ0n) is 25.6. The van der Waals surface area contributed by atoms with Crippen LogP contribution in [0.2, 0.25) is 0 Å². The first-order chi connectivity index (χ1) is 19.8. The van der Waals surface area contributed by atoms with E-state index in [2.05, 4.69) is 151 Å². The average molecular weight is 537 g/mol. The van der Waals surface area contributed by atoms with Crippen LogP contribution in [-0.2, 0) is 11.8 Å². The highest BCUT2D eigenvalue weighted by Gasteiger charge is 2.30. The quantitative estimate of drug-likeness (QED) is 0.210. The van der Waals surface area contributed by atoms with Crippen molar-refractivity contribution in [1.82, 2.24) is 0 Å². The molecule has 0 unspecified atom stereocenters. The van der Waals surface area contributed by atoms with Crippen LogP contribution in [0.25, 0.3) is 11.1 Å². The molecule has 4 aromatic rings. The average Bonchev–Trinajstić information content (AvgIpc) is 2.96. The molecule has 1 aliphatic rings. The lowest BCUT2D eigenvalue weighted by Crippen LogP contribution is -2.36. The summed E-state index contributed by atoms with van der Waals surface area (Å²) in [7, 11) is 2.45. The van der Waals surface area contributed by atoms with Crippen molar-refractivity contribution in [2.75, 3.05) is 5.32 Å². The van der Waals surface area contributed by atoms with Gasteiger partial charge in [-0.25, -0.2) is 0 Å². The normalized spacial score (nSPS) is 13.4. The number of anilines is 2. The second kappa shape index (κ2) is 12.4. The Hall–Kier alpha value is -3.78. The Bertz CT molecular complexity index is 1590. The molecule has 0 spiro atoms. The van der Waals surface area contributed by atoms with E-state index in [0.29, 0.717) is 0 Å². The van der Waals surface area contributed by atoms with E-state index < -0.39 is 0 Å². The molecular formula is C39H43BN. The smallest absolute Gasteiger partial charge is 0.192 e. The number of allylic oxidation sites excluding steroid dienone is 4. The predicted molar refractivity (Wildman–Crippen MR) is 181 cm³/mol. The predicted octanol–water partition coefficient (Wildman–Crippen LogP) is 9.27. The van der Waals surface area contributed by atoms with Crippen molar-refractivity contribution in [3.05, 3.63) is 130 Å². The molecule has 207 valence electrons. The molecule has 0 fully saturated rings. The number of rotatable bonds is 9. The van der Waals surface area contributed by atoms with Crippen LogP contribution in [0.4, 0.5) is 11.4 Å². The zero-order valence-corrected chi connectivity index (χ0v) is 25.6. The van der Waals surface area contributed by atoms with Crippen LogP contribution in [0.3, 0.4) is 0 Å². The number of hydrogen-bond acceptors (Lipinski definition) is 1. The molecule has 5 rings (SSSR count). The first-order valence-electron chi connectivity index (χ1n) is 15.2. The van der Waals surface area contributed by atoms with Crippen molar-refractivity contribution in [3.63, 3.8) is 0 Å². The molecule has 1 nitrogen and oxygen atoms in total. The molecule has 4 aromatic carbocycles. The molecule has 0 aliphatic heterocycles. The van der Waals surface area contributed by atoms with Gasteiger partial charge in [0.1, 0.15) is 0 Å². The van der Waals surface area contributed by atoms with Gasteiger partial charge in [0, 0.05) is 22.4 Å². The number of benzene rings is 4. The fourth-order valence-electron chi connectivity index (χ4n) is 6.66. The zero-order chi connectivity index (χ0) is 29.0. The molecule has 2 heteroatoms. The van der Waals surface area contributed by atoms with Gasteiger partial charge in [-0.1, -0.05) is 139 Å². The SMILES string of the molecule is CCCc1c([B]c2c(C)cc(C)cc2-c2ccccc2Nc2ccccc2)cccc1C(C)(C)C1=C(C)C=CCC1. The van der Waals surface area contributed by atoms with Crippen molar-refractivity contribution in [1.29, 1.82) is 0 Å². The molecule has 0 saturated carbocycles. The summed E-state index contributed by atoms with van der Waals surface area (Å²) in [4.78, 5) is 0. The van der Waals surface area contributed by atoms with Gasteiger partial charge in [0.05, 0.1) is 0 Å². The summed E-state index contributed by atoms with van der Waals surface area (Å²) in [5, 5.41) is 3.68. The highest BCUT2D eigenvalue weighted by atomic mass is 14.9. The summed E-state index contributed by atoms with van der Waals surface area (Å²) in [5.41, 5.74) is 15.9. The van der Waals surface area contributed by atoms with E-state index in [1.165, 1.54) is 49.9 Å².